The Morgan fingerprint density at radius 3 is 2.74 bits per heavy atom. The molecule has 0 aromatic heterocycles. The maximum atomic E-state index is 13.2. The minimum Gasteiger partial charge on any atom is -0.337 e. The zero-order chi connectivity index (χ0) is 15.7. The number of allylic oxidation sites excluding steroid dienone is 1. The molecule has 3 fully saturated rings. The Balaban J connectivity index is 1.61. The van der Waals surface area contributed by atoms with Crippen LogP contribution in [-0.2, 0) is 10.2 Å². The summed E-state index contributed by atoms with van der Waals surface area (Å²) in [4.78, 5) is 15.3. The average molecular weight is 304 g/mol. The lowest BCUT2D eigenvalue weighted by molar-refractivity contribution is -0.135. The summed E-state index contributed by atoms with van der Waals surface area (Å²) in [7, 11) is 0. The van der Waals surface area contributed by atoms with E-state index in [4.69, 9.17) is 0 Å². The summed E-state index contributed by atoms with van der Waals surface area (Å²) in [6.07, 6.45) is 10.1. The van der Waals surface area contributed by atoms with Gasteiger partial charge in [0.25, 0.3) is 0 Å². The van der Waals surface area contributed by atoms with Crippen LogP contribution in [0.1, 0.15) is 43.2 Å². The van der Waals surface area contributed by atoms with Crippen LogP contribution in [0.5, 0.6) is 0 Å². The van der Waals surface area contributed by atoms with Crippen molar-refractivity contribution in [2.75, 3.05) is 6.54 Å². The van der Waals surface area contributed by atoms with Crippen molar-refractivity contribution in [2.45, 2.75) is 43.6 Å². The van der Waals surface area contributed by atoms with E-state index >= 15 is 0 Å². The fourth-order valence-corrected chi connectivity index (χ4v) is 5.61. The molecule has 116 valence electrons. The second kappa shape index (κ2) is 4.26. The van der Waals surface area contributed by atoms with E-state index in [0.717, 1.165) is 19.4 Å². The predicted molar refractivity (Wildman–Crippen MR) is 87.3 cm³/mol. The fourth-order valence-electron chi connectivity index (χ4n) is 5.61. The van der Waals surface area contributed by atoms with Crippen LogP contribution in [0.15, 0.2) is 30.3 Å². The summed E-state index contributed by atoms with van der Waals surface area (Å²) in [6.45, 7) is 0.732. The highest BCUT2D eigenvalue weighted by Crippen LogP contribution is 2.76. The molecule has 3 nitrogen and oxygen atoms in total. The van der Waals surface area contributed by atoms with E-state index in [1.165, 1.54) is 30.4 Å². The normalized spacial score (nSPS) is 37.8. The minimum absolute atomic E-state index is 0.0715. The number of nitrogens with zero attached hydrogens (tertiary/aromatic N) is 2. The molecule has 3 heteroatoms. The standard InChI is InChI=1S/C20H20N2O/c21-12-19-17-11-10-14-6-4-5-9-16(14)20(17,19)13-22(18(19)23)15-7-2-1-3-8-15/h4-6,9-11,15,17H,1-3,7-8,13H2. The minimum atomic E-state index is -0.840. The summed E-state index contributed by atoms with van der Waals surface area (Å²) >= 11 is 0. The number of hydrogen-bond acceptors (Lipinski definition) is 2. The highest BCUT2D eigenvalue weighted by Gasteiger charge is 2.86. The van der Waals surface area contributed by atoms with Crippen molar-refractivity contribution in [1.29, 1.82) is 5.26 Å². The van der Waals surface area contributed by atoms with Crippen LogP contribution < -0.4 is 0 Å². The third-order valence-corrected chi connectivity index (χ3v) is 6.74. The van der Waals surface area contributed by atoms with E-state index in [1.54, 1.807) is 0 Å². The van der Waals surface area contributed by atoms with E-state index in [0.29, 0.717) is 6.04 Å². The van der Waals surface area contributed by atoms with Gasteiger partial charge in [0.15, 0.2) is 5.41 Å². The molecule has 23 heavy (non-hydrogen) atoms. The second-order valence-electron chi connectivity index (χ2n) is 7.54. The Bertz CT molecular complexity index is 770. The monoisotopic (exact) mass is 304 g/mol. The third kappa shape index (κ3) is 1.35. The molecule has 3 aliphatic carbocycles. The summed E-state index contributed by atoms with van der Waals surface area (Å²) in [5.41, 5.74) is 1.26. The number of likely N-dealkylation sites (tertiary alicyclic amines) is 1. The lowest BCUT2D eigenvalue weighted by Crippen LogP contribution is -2.43. The van der Waals surface area contributed by atoms with E-state index in [-0.39, 0.29) is 17.2 Å². The van der Waals surface area contributed by atoms with E-state index in [9.17, 15) is 10.1 Å². The molecule has 1 aliphatic heterocycles. The topological polar surface area (TPSA) is 44.1 Å². The van der Waals surface area contributed by atoms with Crippen LogP contribution >= 0.6 is 0 Å². The van der Waals surface area contributed by atoms with Crippen molar-refractivity contribution < 1.29 is 4.79 Å². The SMILES string of the molecule is N#CC12C(=O)N(C3CCCCC3)CC13c1ccccc1C=CC23. The van der Waals surface area contributed by atoms with Gasteiger partial charge in [0, 0.05) is 18.5 Å². The Hall–Kier alpha value is -2.08. The number of nitriles is 1. The first-order valence-electron chi connectivity index (χ1n) is 8.76. The van der Waals surface area contributed by atoms with Crippen molar-refractivity contribution in [3.63, 3.8) is 0 Å². The average Bonchev–Trinajstić information content (AvgIpc) is 3.14. The van der Waals surface area contributed by atoms with E-state index in [1.807, 2.05) is 12.1 Å². The molecule has 3 atom stereocenters. The number of benzene rings is 1. The molecular formula is C20H20N2O. The number of hydrogen-bond donors (Lipinski definition) is 0. The van der Waals surface area contributed by atoms with Crippen molar-refractivity contribution in [1.82, 2.24) is 4.90 Å². The van der Waals surface area contributed by atoms with Gasteiger partial charge in [-0.25, -0.2) is 0 Å². The number of carbonyl (C=O) groups excluding carboxylic acids is 1. The first-order chi connectivity index (χ1) is 11.3. The molecule has 2 saturated carbocycles. The molecule has 3 unspecified atom stereocenters. The molecule has 0 radical (unpaired) electrons. The van der Waals surface area contributed by atoms with Gasteiger partial charge in [-0.05, 0) is 24.0 Å². The molecule has 0 bridgehead atoms. The van der Waals surface area contributed by atoms with Crippen LogP contribution in [0.2, 0.25) is 0 Å². The predicted octanol–water partition coefficient (Wildman–Crippen LogP) is 3.27. The lowest BCUT2D eigenvalue weighted by atomic mass is 9.83. The largest absolute Gasteiger partial charge is 0.337 e. The lowest BCUT2D eigenvalue weighted by Gasteiger charge is -2.34. The Kier molecular flexibility index (Phi) is 2.48. The smallest absolute Gasteiger partial charge is 0.245 e. The molecule has 1 amide bonds. The Labute approximate surface area is 136 Å². The maximum absolute atomic E-state index is 13.2. The zero-order valence-electron chi connectivity index (χ0n) is 13.2. The molecule has 4 aliphatic rings. The van der Waals surface area contributed by atoms with Gasteiger partial charge in [-0.15, -0.1) is 0 Å². The van der Waals surface area contributed by atoms with Crippen LogP contribution in [0.4, 0.5) is 0 Å². The van der Waals surface area contributed by atoms with Crippen LogP contribution in [0.25, 0.3) is 6.08 Å². The first-order valence-corrected chi connectivity index (χ1v) is 8.76. The molecule has 1 heterocycles. The molecule has 1 aromatic rings. The Morgan fingerprint density at radius 2 is 1.96 bits per heavy atom. The summed E-state index contributed by atoms with van der Waals surface area (Å²) in [6, 6.07) is 11.1. The number of carbonyl (C=O) groups is 1. The van der Waals surface area contributed by atoms with Gasteiger partial charge >= 0.3 is 0 Å². The summed E-state index contributed by atoms with van der Waals surface area (Å²) in [5, 5.41) is 9.97. The molecule has 1 spiro atoms. The number of amides is 1. The zero-order valence-corrected chi connectivity index (χ0v) is 13.2. The number of piperidine rings is 1. The van der Waals surface area contributed by atoms with Gasteiger partial charge in [0.1, 0.15) is 0 Å². The quantitative estimate of drug-likeness (QED) is 0.799. The van der Waals surface area contributed by atoms with Crippen LogP contribution in [0.3, 0.4) is 0 Å². The summed E-state index contributed by atoms with van der Waals surface area (Å²) < 4.78 is 0. The highest BCUT2D eigenvalue weighted by molar-refractivity contribution is 5.99. The van der Waals surface area contributed by atoms with Gasteiger partial charge in [0.05, 0.1) is 11.5 Å². The third-order valence-electron chi connectivity index (χ3n) is 6.74. The van der Waals surface area contributed by atoms with Crippen LogP contribution in [0, 0.1) is 22.7 Å². The van der Waals surface area contributed by atoms with Crippen molar-refractivity contribution >= 4 is 12.0 Å². The number of rotatable bonds is 1. The van der Waals surface area contributed by atoms with E-state index < -0.39 is 5.41 Å². The molecule has 5 rings (SSSR count). The van der Waals surface area contributed by atoms with Crippen molar-refractivity contribution in [2.24, 2.45) is 11.3 Å². The van der Waals surface area contributed by atoms with Gasteiger partial charge < -0.3 is 4.90 Å². The maximum Gasteiger partial charge on any atom is 0.245 e. The first kappa shape index (κ1) is 13.4. The van der Waals surface area contributed by atoms with Crippen molar-refractivity contribution in [3.8, 4) is 6.07 Å². The van der Waals surface area contributed by atoms with Gasteiger partial charge in [-0.1, -0.05) is 55.7 Å². The molecule has 0 N–H and O–H groups in total. The van der Waals surface area contributed by atoms with E-state index in [2.05, 4.69) is 35.3 Å². The van der Waals surface area contributed by atoms with Gasteiger partial charge in [-0.2, -0.15) is 5.26 Å². The van der Waals surface area contributed by atoms with Gasteiger partial charge in [0.2, 0.25) is 5.91 Å². The molecule has 1 aromatic carbocycles. The molecular weight excluding hydrogens is 284 g/mol. The number of fused-ring (bicyclic) bond motifs is 2. The fraction of sp³-hybridized carbons (Fsp3) is 0.500. The van der Waals surface area contributed by atoms with Crippen molar-refractivity contribution in [3.05, 3.63) is 41.5 Å². The van der Waals surface area contributed by atoms with Gasteiger partial charge in [-0.3, -0.25) is 4.79 Å². The summed E-state index contributed by atoms with van der Waals surface area (Å²) in [5.74, 6) is 0.167. The Morgan fingerprint density at radius 1 is 1.17 bits per heavy atom. The highest BCUT2D eigenvalue weighted by atomic mass is 16.2. The van der Waals surface area contributed by atoms with Crippen LogP contribution in [-0.4, -0.2) is 23.4 Å². The molecule has 1 saturated heterocycles. The second-order valence-corrected chi connectivity index (χ2v) is 7.54.